The fraction of sp³-hybridized carbons (Fsp3) is 0.200. The van der Waals surface area contributed by atoms with Crippen LogP contribution in [0.4, 0.5) is 0 Å². The minimum atomic E-state index is -0.00611. The SMILES string of the molecule is CCn1c(SCC(=O)n2c(C)cc3cc(Cl)ccc32)nnc1-c1cccnc1. The lowest BCUT2D eigenvalue weighted by atomic mass is 10.2. The molecule has 3 heterocycles. The fourth-order valence-electron chi connectivity index (χ4n) is 3.24. The van der Waals surface area contributed by atoms with Gasteiger partial charge in [0, 0.05) is 40.6 Å². The highest BCUT2D eigenvalue weighted by atomic mass is 35.5. The third-order valence-corrected chi connectivity index (χ3v) is 5.66. The zero-order chi connectivity index (χ0) is 19.7. The summed E-state index contributed by atoms with van der Waals surface area (Å²) in [6.45, 7) is 4.66. The van der Waals surface area contributed by atoms with E-state index in [4.69, 9.17) is 11.6 Å². The quantitative estimate of drug-likeness (QED) is 0.445. The third-order valence-electron chi connectivity index (χ3n) is 4.47. The van der Waals surface area contributed by atoms with Crippen LogP contribution in [-0.2, 0) is 6.54 Å². The van der Waals surface area contributed by atoms with Gasteiger partial charge in [-0.05, 0) is 50.2 Å². The summed E-state index contributed by atoms with van der Waals surface area (Å²) >= 11 is 7.45. The molecular weight excluding hydrogens is 394 g/mol. The Labute approximate surface area is 171 Å². The number of hydrogen-bond donors (Lipinski definition) is 0. The van der Waals surface area contributed by atoms with Gasteiger partial charge < -0.3 is 4.57 Å². The van der Waals surface area contributed by atoms with E-state index in [1.165, 1.54) is 11.8 Å². The minimum Gasteiger partial charge on any atom is -0.302 e. The topological polar surface area (TPSA) is 65.6 Å². The molecule has 0 unspecified atom stereocenters. The Bertz CT molecular complexity index is 1150. The van der Waals surface area contributed by atoms with E-state index in [0.717, 1.165) is 28.0 Å². The largest absolute Gasteiger partial charge is 0.302 e. The summed E-state index contributed by atoms with van der Waals surface area (Å²) in [7, 11) is 0. The summed E-state index contributed by atoms with van der Waals surface area (Å²) in [5.74, 6) is 1.01. The second-order valence-electron chi connectivity index (χ2n) is 6.30. The number of aryl methyl sites for hydroxylation is 1. The second-order valence-corrected chi connectivity index (χ2v) is 7.68. The number of carbonyl (C=O) groups excluding carboxylic acids is 1. The Hall–Kier alpha value is -2.64. The van der Waals surface area contributed by atoms with E-state index in [0.29, 0.717) is 16.7 Å². The average molecular weight is 412 g/mol. The van der Waals surface area contributed by atoms with Crippen LogP contribution in [0.5, 0.6) is 0 Å². The van der Waals surface area contributed by atoms with Crippen molar-refractivity contribution < 1.29 is 4.79 Å². The molecule has 1 aromatic carbocycles. The van der Waals surface area contributed by atoms with Crippen molar-refractivity contribution in [1.82, 2.24) is 24.3 Å². The third kappa shape index (κ3) is 3.43. The fourth-order valence-corrected chi connectivity index (χ4v) is 4.27. The minimum absolute atomic E-state index is 0.00611. The van der Waals surface area contributed by atoms with Crippen LogP contribution in [0.25, 0.3) is 22.3 Å². The van der Waals surface area contributed by atoms with Crippen molar-refractivity contribution in [2.24, 2.45) is 0 Å². The maximum absolute atomic E-state index is 12.9. The molecule has 142 valence electrons. The first-order valence-electron chi connectivity index (χ1n) is 8.85. The predicted octanol–water partition coefficient (Wildman–Crippen LogP) is 4.71. The van der Waals surface area contributed by atoms with Crippen molar-refractivity contribution in [3.8, 4) is 11.4 Å². The van der Waals surface area contributed by atoms with Crippen molar-refractivity contribution in [2.75, 3.05) is 5.75 Å². The van der Waals surface area contributed by atoms with Gasteiger partial charge in [-0.25, -0.2) is 0 Å². The Morgan fingerprint density at radius 3 is 2.82 bits per heavy atom. The van der Waals surface area contributed by atoms with Crippen LogP contribution in [0, 0.1) is 6.92 Å². The maximum Gasteiger partial charge on any atom is 0.241 e. The number of hydrogen-bond acceptors (Lipinski definition) is 5. The second kappa shape index (κ2) is 7.77. The van der Waals surface area contributed by atoms with E-state index >= 15 is 0 Å². The molecule has 0 spiro atoms. The van der Waals surface area contributed by atoms with Crippen LogP contribution in [-0.4, -0.2) is 36.0 Å². The van der Waals surface area contributed by atoms with Crippen LogP contribution in [0.2, 0.25) is 5.02 Å². The standard InChI is InChI=1S/C20H18ClN5OS/c1-3-25-19(14-5-4-8-22-11-14)23-24-20(25)28-12-18(27)26-13(2)9-15-10-16(21)6-7-17(15)26/h4-11H,3,12H2,1-2H3. The van der Waals surface area contributed by atoms with Gasteiger partial charge in [-0.1, -0.05) is 23.4 Å². The van der Waals surface area contributed by atoms with Crippen molar-refractivity contribution in [3.05, 3.63) is 59.5 Å². The molecule has 0 N–H and O–H groups in total. The van der Waals surface area contributed by atoms with E-state index in [1.54, 1.807) is 23.0 Å². The lowest BCUT2D eigenvalue weighted by Gasteiger charge is -2.09. The number of thioether (sulfide) groups is 1. The summed E-state index contributed by atoms with van der Waals surface area (Å²) in [6.07, 6.45) is 3.48. The molecule has 0 aliphatic heterocycles. The molecule has 0 radical (unpaired) electrons. The van der Waals surface area contributed by atoms with E-state index in [9.17, 15) is 4.79 Å². The molecule has 0 amide bonds. The number of nitrogens with zero attached hydrogens (tertiary/aromatic N) is 5. The van der Waals surface area contributed by atoms with Crippen LogP contribution in [0.15, 0.2) is 53.9 Å². The molecule has 0 aliphatic carbocycles. The molecule has 6 nitrogen and oxygen atoms in total. The van der Waals surface area contributed by atoms with Gasteiger partial charge in [-0.2, -0.15) is 0 Å². The number of halogens is 1. The van der Waals surface area contributed by atoms with E-state index in [1.807, 2.05) is 48.7 Å². The number of aromatic nitrogens is 5. The van der Waals surface area contributed by atoms with Gasteiger partial charge in [0.15, 0.2) is 11.0 Å². The Balaban J connectivity index is 1.58. The molecule has 0 fully saturated rings. The molecule has 4 rings (SSSR count). The van der Waals surface area contributed by atoms with Crippen LogP contribution >= 0.6 is 23.4 Å². The van der Waals surface area contributed by atoms with Crippen LogP contribution in [0.3, 0.4) is 0 Å². The van der Waals surface area contributed by atoms with Gasteiger partial charge in [-0.3, -0.25) is 14.3 Å². The zero-order valence-corrected chi connectivity index (χ0v) is 17.0. The van der Waals surface area contributed by atoms with Gasteiger partial charge >= 0.3 is 0 Å². The lowest BCUT2D eigenvalue weighted by molar-refractivity contribution is 0.0945. The molecule has 0 saturated heterocycles. The molecule has 3 aromatic heterocycles. The van der Waals surface area contributed by atoms with Gasteiger partial charge in [0.25, 0.3) is 0 Å². The molecule has 0 atom stereocenters. The Kier molecular flexibility index (Phi) is 5.19. The number of fused-ring (bicyclic) bond motifs is 1. The molecular formula is C20H18ClN5OS. The van der Waals surface area contributed by atoms with Crippen molar-refractivity contribution in [3.63, 3.8) is 0 Å². The van der Waals surface area contributed by atoms with Gasteiger partial charge in [0.1, 0.15) is 0 Å². The van der Waals surface area contributed by atoms with Crippen LogP contribution in [0.1, 0.15) is 17.4 Å². The molecule has 28 heavy (non-hydrogen) atoms. The number of pyridine rings is 1. The highest BCUT2D eigenvalue weighted by molar-refractivity contribution is 7.99. The van der Waals surface area contributed by atoms with Crippen molar-refractivity contribution in [2.45, 2.75) is 25.5 Å². The summed E-state index contributed by atoms with van der Waals surface area (Å²) in [5.41, 5.74) is 2.65. The average Bonchev–Trinajstić information content (AvgIpc) is 3.26. The molecule has 0 saturated carbocycles. The lowest BCUT2D eigenvalue weighted by Crippen LogP contribution is -2.15. The first-order valence-corrected chi connectivity index (χ1v) is 10.2. The van der Waals surface area contributed by atoms with Crippen molar-refractivity contribution >= 4 is 40.2 Å². The van der Waals surface area contributed by atoms with Gasteiger partial charge in [-0.15, -0.1) is 10.2 Å². The normalized spacial score (nSPS) is 11.2. The van der Waals surface area contributed by atoms with E-state index in [2.05, 4.69) is 15.2 Å². The van der Waals surface area contributed by atoms with E-state index < -0.39 is 0 Å². The monoisotopic (exact) mass is 411 g/mol. The van der Waals surface area contributed by atoms with Crippen molar-refractivity contribution in [1.29, 1.82) is 0 Å². The van der Waals surface area contributed by atoms with E-state index in [-0.39, 0.29) is 11.7 Å². The highest BCUT2D eigenvalue weighted by Gasteiger charge is 2.17. The summed E-state index contributed by atoms with van der Waals surface area (Å²) in [5, 5.41) is 10.9. The molecule has 8 heteroatoms. The summed E-state index contributed by atoms with van der Waals surface area (Å²) in [6, 6.07) is 11.3. The highest BCUT2D eigenvalue weighted by Crippen LogP contribution is 2.26. The summed E-state index contributed by atoms with van der Waals surface area (Å²) < 4.78 is 3.72. The first-order chi connectivity index (χ1) is 13.6. The summed E-state index contributed by atoms with van der Waals surface area (Å²) in [4.78, 5) is 17.1. The predicted molar refractivity (Wildman–Crippen MR) is 112 cm³/mol. The molecule has 4 aromatic rings. The number of benzene rings is 1. The Morgan fingerprint density at radius 2 is 2.07 bits per heavy atom. The first kappa shape index (κ1) is 18.7. The van der Waals surface area contributed by atoms with Gasteiger partial charge in [0.2, 0.25) is 5.91 Å². The molecule has 0 bridgehead atoms. The van der Waals surface area contributed by atoms with Gasteiger partial charge in [0.05, 0.1) is 11.3 Å². The molecule has 0 aliphatic rings. The number of rotatable bonds is 5. The smallest absolute Gasteiger partial charge is 0.241 e. The van der Waals surface area contributed by atoms with Crippen LogP contribution < -0.4 is 0 Å². The maximum atomic E-state index is 12.9. The zero-order valence-electron chi connectivity index (χ0n) is 15.5. The Morgan fingerprint density at radius 1 is 1.21 bits per heavy atom. The number of carbonyl (C=O) groups is 1.